The molecule has 0 N–H and O–H groups in total. The number of hydrogen-bond acceptors (Lipinski definition) is 2. The first kappa shape index (κ1) is 16.6. The molecule has 0 saturated carbocycles. The Morgan fingerprint density at radius 2 is 1.62 bits per heavy atom. The molecular formula is C22H23N3O. The maximum atomic E-state index is 13.0. The van der Waals surface area contributed by atoms with Crippen LogP contribution in [0.15, 0.2) is 73.2 Å². The summed E-state index contributed by atoms with van der Waals surface area (Å²) in [5.41, 5.74) is 2.99. The summed E-state index contributed by atoms with van der Waals surface area (Å²) in [6, 6.07) is 20.5. The number of aromatic nitrogens is 2. The second kappa shape index (κ2) is 7.56. The zero-order valence-corrected chi connectivity index (χ0v) is 14.8. The van der Waals surface area contributed by atoms with E-state index in [-0.39, 0.29) is 5.91 Å². The van der Waals surface area contributed by atoms with Gasteiger partial charge in [-0.3, -0.25) is 9.36 Å². The fourth-order valence-electron chi connectivity index (χ4n) is 3.70. The topological polar surface area (TPSA) is 38.1 Å². The molecule has 0 bridgehead atoms. The largest absolute Gasteiger partial charge is 0.337 e. The highest BCUT2D eigenvalue weighted by Gasteiger charge is 2.25. The predicted octanol–water partition coefficient (Wildman–Crippen LogP) is 3.97. The third-order valence-electron chi connectivity index (χ3n) is 5.16. The SMILES string of the molecule is O=C(c1cncn1-c1ccccc1)N1CCC(Cc2ccccc2)CC1. The number of para-hydroxylation sites is 1. The Balaban J connectivity index is 1.41. The molecule has 4 rings (SSSR count). The Hall–Kier alpha value is -2.88. The standard InChI is InChI=1S/C22H23N3O/c26-22(21-16-23-17-25(21)20-9-5-2-6-10-20)24-13-11-19(12-14-24)15-18-7-3-1-4-8-18/h1-10,16-17,19H,11-15H2. The fraction of sp³-hybridized carbons (Fsp3) is 0.273. The third kappa shape index (κ3) is 3.54. The minimum atomic E-state index is 0.0736. The van der Waals surface area contributed by atoms with E-state index in [0.29, 0.717) is 11.6 Å². The van der Waals surface area contributed by atoms with Crippen molar-refractivity contribution in [3.05, 3.63) is 84.4 Å². The van der Waals surface area contributed by atoms with Crippen LogP contribution in [-0.4, -0.2) is 33.4 Å². The third-order valence-corrected chi connectivity index (χ3v) is 5.16. The van der Waals surface area contributed by atoms with Gasteiger partial charge in [0.05, 0.1) is 12.5 Å². The summed E-state index contributed by atoms with van der Waals surface area (Å²) >= 11 is 0. The average Bonchev–Trinajstić information content (AvgIpc) is 3.19. The van der Waals surface area contributed by atoms with E-state index in [1.165, 1.54) is 5.56 Å². The van der Waals surface area contributed by atoms with Crippen molar-refractivity contribution < 1.29 is 4.79 Å². The molecule has 2 heterocycles. The summed E-state index contributed by atoms with van der Waals surface area (Å²) in [6.45, 7) is 1.63. The van der Waals surface area contributed by atoms with Crippen molar-refractivity contribution in [3.63, 3.8) is 0 Å². The molecule has 3 aromatic rings. The highest BCUT2D eigenvalue weighted by atomic mass is 16.2. The van der Waals surface area contributed by atoms with Gasteiger partial charge < -0.3 is 4.90 Å². The van der Waals surface area contributed by atoms with Crippen LogP contribution in [0, 0.1) is 5.92 Å². The van der Waals surface area contributed by atoms with Gasteiger partial charge in [0.2, 0.25) is 0 Å². The van der Waals surface area contributed by atoms with E-state index < -0.39 is 0 Å². The smallest absolute Gasteiger partial charge is 0.272 e. The zero-order chi connectivity index (χ0) is 17.8. The van der Waals surface area contributed by atoms with Crippen LogP contribution in [0.5, 0.6) is 0 Å². The molecule has 0 radical (unpaired) electrons. The highest BCUT2D eigenvalue weighted by Crippen LogP contribution is 2.23. The number of likely N-dealkylation sites (tertiary alicyclic amines) is 1. The average molecular weight is 345 g/mol. The number of piperidine rings is 1. The van der Waals surface area contributed by atoms with Crippen LogP contribution in [0.1, 0.15) is 28.9 Å². The summed E-state index contributed by atoms with van der Waals surface area (Å²) in [7, 11) is 0. The molecule has 1 aliphatic rings. The molecule has 0 atom stereocenters. The molecule has 1 aliphatic heterocycles. The number of amides is 1. The van der Waals surface area contributed by atoms with Crippen LogP contribution in [0.2, 0.25) is 0 Å². The van der Waals surface area contributed by atoms with E-state index in [2.05, 4.69) is 35.3 Å². The van der Waals surface area contributed by atoms with Crippen LogP contribution in [0.4, 0.5) is 0 Å². The Morgan fingerprint density at radius 1 is 0.962 bits per heavy atom. The lowest BCUT2D eigenvalue weighted by Gasteiger charge is -2.32. The summed E-state index contributed by atoms with van der Waals surface area (Å²) < 4.78 is 1.87. The molecule has 4 heteroatoms. The van der Waals surface area contributed by atoms with Crippen molar-refractivity contribution in [2.45, 2.75) is 19.3 Å². The minimum absolute atomic E-state index is 0.0736. The van der Waals surface area contributed by atoms with E-state index in [9.17, 15) is 4.79 Å². The predicted molar refractivity (Wildman–Crippen MR) is 102 cm³/mol. The zero-order valence-electron chi connectivity index (χ0n) is 14.8. The number of carbonyl (C=O) groups excluding carboxylic acids is 1. The first-order valence-corrected chi connectivity index (χ1v) is 9.22. The van der Waals surface area contributed by atoms with Gasteiger partial charge in [-0.2, -0.15) is 0 Å². The number of nitrogens with zero attached hydrogens (tertiary/aromatic N) is 3. The van der Waals surface area contributed by atoms with Crippen LogP contribution in [0.25, 0.3) is 5.69 Å². The Labute approximate surface area is 154 Å². The summed E-state index contributed by atoms with van der Waals surface area (Å²) in [6.07, 6.45) is 6.60. The van der Waals surface area contributed by atoms with Gasteiger partial charge in [-0.1, -0.05) is 48.5 Å². The van der Waals surface area contributed by atoms with Crippen molar-refractivity contribution >= 4 is 5.91 Å². The van der Waals surface area contributed by atoms with E-state index >= 15 is 0 Å². The molecule has 26 heavy (non-hydrogen) atoms. The quantitative estimate of drug-likeness (QED) is 0.718. The van der Waals surface area contributed by atoms with Crippen molar-refractivity contribution in [2.24, 2.45) is 5.92 Å². The molecule has 0 unspecified atom stereocenters. The van der Waals surface area contributed by atoms with Crippen LogP contribution in [-0.2, 0) is 6.42 Å². The van der Waals surface area contributed by atoms with Gasteiger partial charge in [-0.25, -0.2) is 4.98 Å². The summed E-state index contributed by atoms with van der Waals surface area (Å²) in [4.78, 5) is 19.2. The maximum absolute atomic E-state index is 13.0. The molecule has 1 saturated heterocycles. The van der Waals surface area contributed by atoms with E-state index in [4.69, 9.17) is 0 Å². The first-order valence-electron chi connectivity index (χ1n) is 9.22. The van der Waals surface area contributed by atoms with Crippen LogP contribution >= 0.6 is 0 Å². The lowest BCUT2D eigenvalue weighted by atomic mass is 9.90. The molecule has 1 fully saturated rings. The van der Waals surface area contributed by atoms with E-state index in [1.807, 2.05) is 39.8 Å². The molecule has 132 valence electrons. The molecule has 2 aromatic carbocycles. The van der Waals surface area contributed by atoms with Crippen molar-refractivity contribution in [1.82, 2.24) is 14.5 Å². The summed E-state index contributed by atoms with van der Waals surface area (Å²) in [5.74, 6) is 0.727. The normalized spacial score (nSPS) is 15.2. The second-order valence-corrected chi connectivity index (χ2v) is 6.91. The number of carbonyl (C=O) groups is 1. The van der Waals surface area contributed by atoms with Gasteiger partial charge in [-0.15, -0.1) is 0 Å². The number of hydrogen-bond donors (Lipinski definition) is 0. The lowest BCUT2D eigenvalue weighted by molar-refractivity contribution is 0.0682. The van der Waals surface area contributed by atoms with Crippen LogP contribution < -0.4 is 0 Å². The minimum Gasteiger partial charge on any atom is -0.337 e. The van der Waals surface area contributed by atoms with Gasteiger partial charge >= 0.3 is 0 Å². The van der Waals surface area contributed by atoms with Crippen molar-refractivity contribution in [1.29, 1.82) is 0 Å². The monoisotopic (exact) mass is 345 g/mol. The number of rotatable bonds is 4. The summed E-state index contributed by atoms with van der Waals surface area (Å²) in [5, 5.41) is 0. The fourth-order valence-corrected chi connectivity index (χ4v) is 3.70. The molecule has 4 nitrogen and oxygen atoms in total. The van der Waals surface area contributed by atoms with Gasteiger partial charge in [0.1, 0.15) is 5.69 Å². The van der Waals surface area contributed by atoms with Crippen LogP contribution in [0.3, 0.4) is 0 Å². The Kier molecular flexibility index (Phi) is 4.82. The van der Waals surface area contributed by atoms with Gasteiger partial charge in [0, 0.05) is 18.8 Å². The van der Waals surface area contributed by atoms with Gasteiger partial charge in [0.15, 0.2) is 0 Å². The highest BCUT2D eigenvalue weighted by molar-refractivity contribution is 5.93. The van der Waals surface area contributed by atoms with Gasteiger partial charge in [-0.05, 0) is 42.9 Å². The van der Waals surface area contributed by atoms with E-state index in [0.717, 1.165) is 38.0 Å². The van der Waals surface area contributed by atoms with Gasteiger partial charge in [0.25, 0.3) is 5.91 Å². The molecule has 1 aromatic heterocycles. The first-order chi connectivity index (χ1) is 12.8. The number of imidazole rings is 1. The lowest BCUT2D eigenvalue weighted by Crippen LogP contribution is -2.39. The van der Waals surface area contributed by atoms with Crippen molar-refractivity contribution in [2.75, 3.05) is 13.1 Å². The Bertz CT molecular complexity index is 849. The number of benzene rings is 2. The van der Waals surface area contributed by atoms with Crippen molar-refractivity contribution in [3.8, 4) is 5.69 Å². The molecule has 0 spiro atoms. The maximum Gasteiger partial charge on any atom is 0.272 e. The Morgan fingerprint density at radius 3 is 2.31 bits per heavy atom. The molecule has 0 aliphatic carbocycles. The molecular weight excluding hydrogens is 322 g/mol. The van der Waals surface area contributed by atoms with E-state index in [1.54, 1.807) is 12.5 Å². The molecule has 1 amide bonds. The second-order valence-electron chi connectivity index (χ2n) is 6.91.